The van der Waals surface area contributed by atoms with E-state index in [0.717, 1.165) is 25.1 Å². The number of nitrogens with zero attached hydrogens (tertiary/aromatic N) is 1. The highest BCUT2D eigenvalue weighted by Gasteiger charge is 2.24. The van der Waals surface area contributed by atoms with Crippen LogP contribution in [0.5, 0.6) is 0 Å². The van der Waals surface area contributed by atoms with Crippen LogP contribution in [0.15, 0.2) is 24.3 Å². The Hall–Kier alpha value is -0.970. The fourth-order valence-electron chi connectivity index (χ4n) is 2.31. The second-order valence-electron chi connectivity index (χ2n) is 4.69. The molecule has 2 N–H and O–H groups in total. The van der Waals surface area contributed by atoms with Crippen molar-refractivity contribution < 1.29 is 9.13 Å². The van der Waals surface area contributed by atoms with Crippen LogP contribution in [0.4, 0.5) is 4.39 Å². The van der Waals surface area contributed by atoms with Crippen molar-refractivity contribution in [3.05, 3.63) is 35.6 Å². The molecule has 0 aliphatic rings. The van der Waals surface area contributed by atoms with Crippen LogP contribution < -0.4 is 5.73 Å². The largest absolute Gasteiger partial charge is 0.383 e. The van der Waals surface area contributed by atoms with Crippen LogP contribution in [-0.4, -0.2) is 37.7 Å². The van der Waals surface area contributed by atoms with Gasteiger partial charge in [0.15, 0.2) is 0 Å². The number of likely N-dealkylation sites (N-methyl/N-ethyl adjacent to an activating group) is 1. The summed E-state index contributed by atoms with van der Waals surface area (Å²) in [5.74, 6) is -0.215. The molecule has 3 nitrogen and oxygen atoms in total. The first-order valence-corrected chi connectivity index (χ1v) is 6.88. The van der Waals surface area contributed by atoms with E-state index in [4.69, 9.17) is 10.5 Å². The number of methoxy groups -OCH3 is 1. The van der Waals surface area contributed by atoms with Gasteiger partial charge in [0.25, 0.3) is 0 Å². The Kier molecular flexibility index (Phi) is 6.99. The Morgan fingerprint density at radius 3 is 2.37 bits per heavy atom. The summed E-state index contributed by atoms with van der Waals surface area (Å²) < 4.78 is 18.2. The van der Waals surface area contributed by atoms with E-state index >= 15 is 0 Å². The summed E-state index contributed by atoms with van der Waals surface area (Å²) in [6.45, 7) is 6.56. The van der Waals surface area contributed by atoms with Crippen molar-refractivity contribution in [2.75, 3.05) is 26.8 Å². The molecule has 0 amide bonds. The maximum atomic E-state index is 13.1. The van der Waals surface area contributed by atoms with Gasteiger partial charge in [0.2, 0.25) is 0 Å². The lowest BCUT2D eigenvalue weighted by Crippen LogP contribution is -2.42. The third-order valence-corrected chi connectivity index (χ3v) is 3.47. The second-order valence-corrected chi connectivity index (χ2v) is 4.69. The van der Waals surface area contributed by atoms with Gasteiger partial charge in [-0.15, -0.1) is 0 Å². The minimum absolute atomic E-state index is 0.0299. The first kappa shape index (κ1) is 16.1. The average Bonchev–Trinajstić information content (AvgIpc) is 2.44. The lowest BCUT2D eigenvalue weighted by Gasteiger charge is -2.34. The number of benzene rings is 1. The van der Waals surface area contributed by atoms with Crippen LogP contribution in [0.3, 0.4) is 0 Å². The van der Waals surface area contributed by atoms with Crippen LogP contribution in [0.25, 0.3) is 0 Å². The number of hydrogen-bond donors (Lipinski definition) is 1. The van der Waals surface area contributed by atoms with Gasteiger partial charge in [0.05, 0.1) is 6.61 Å². The Bertz CT molecular complexity index is 356. The first-order valence-electron chi connectivity index (χ1n) is 6.88. The second kappa shape index (κ2) is 8.25. The molecule has 0 fully saturated rings. The molecular weight excluding hydrogens is 243 g/mol. The molecule has 0 heterocycles. The van der Waals surface area contributed by atoms with Gasteiger partial charge < -0.3 is 10.5 Å². The van der Waals surface area contributed by atoms with Gasteiger partial charge in [-0.25, -0.2) is 4.39 Å². The number of rotatable bonds is 8. The van der Waals surface area contributed by atoms with Gasteiger partial charge in [0.1, 0.15) is 5.82 Å². The SMILES string of the molecule is CCC(N)C(c1ccc(F)cc1)N(CC)CCOC. The zero-order valence-electron chi connectivity index (χ0n) is 12.1. The van der Waals surface area contributed by atoms with Crippen LogP contribution in [0.1, 0.15) is 31.9 Å². The van der Waals surface area contributed by atoms with Crippen molar-refractivity contribution in [2.45, 2.75) is 32.4 Å². The van der Waals surface area contributed by atoms with Crippen LogP contribution in [-0.2, 0) is 4.74 Å². The number of hydrogen-bond acceptors (Lipinski definition) is 3. The molecule has 1 rings (SSSR count). The van der Waals surface area contributed by atoms with E-state index in [2.05, 4.69) is 18.7 Å². The minimum atomic E-state index is -0.215. The molecule has 108 valence electrons. The molecule has 0 saturated heterocycles. The topological polar surface area (TPSA) is 38.5 Å². The van der Waals surface area contributed by atoms with Gasteiger partial charge in [-0.2, -0.15) is 0 Å². The van der Waals surface area contributed by atoms with Gasteiger partial charge >= 0.3 is 0 Å². The van der Waals surface area contributed by atoms with Crippen molar-refractivity contribution >= 4 is 0 Å². The van der Waals surface area contributed by atoms with Crippen LogP contribution in [0, 0.1) is 5.82 Å². The highest BCUT2D eigenvalue weighted by atomic mass is 19.1. The first-order chi connectivity index (χ1) is 9.13. The molecule has 1 aromatic rings. The van der Waals surface area contributed by atoms with E-state index in [1.54, 1.807) is 7.11 Å². The van der Waals surface area contributed by atoms with Gasteiger partial charge in [0, 0.05) is 25.7 Å². The maximum absolute atomic E-state index is 13.1. The summed E-state index contributed by atoms with van der Waals surface area (Å²) in [6.07, 6.45) is 0.880. The molecular formula is C15H25FN2O. The lowest BCUT2D eigenvalue weighted by molar-refractivity contribution is 0.112. The van der Waals surface area contributed by atoms with Gasteiger partial charge in [-0.1, -0.05) is 26.0 Å². The van der Waals surface area contributed by atoms with Crippen molar-refractivity contribution in [3.8, 4) is 0 Å². The molecule has 2 atom stereocenters. The fraction of sp³-hybridized carbons (Fsp3) is 0.600. The molecule has 1 aromatic carbocycles. The van der Waals surface area contributed by atoms with Crippen LogP contribution >= 0.6 is 0 Å². The Morgan fingerprint density at radius 2 is 1.89 bits per heavy atom. The monoisotopic (exact) mass is 268 g/mol. The molecule has 0 aliphatic carbocycles. The summed E-state index contributed by atoms with van der Waals surface area (Å²) in [6, 6.07) is 6.77. The molecule has 2 unspecified atom stereocenters. The van der Waals surface area contributed by atoms with Crippen LogP contribution in [0.2, 0.25) is 0 Å². The van der Waals surface area contributed by atoms with E-state index < -0.39 is 0 Å². The predicted octanol–water partition coefficient (Wildman–Crippen LogP) is 2.57. The molecule has 0 aliphatic heterocycles. The summed E-state index contributed by atoms with van der Waals surface area (Å²) in [5.41, 5.74) is 7.32. The van der Waals surface area contributed by atoms with Gasteiger partial charge in [-0.3, -0.25) is 4.90 Å². The standard InChI is InChI=1S/C15H25FN2O/c1-4-14(17)15(18(5-2)10-11-19-3)12-6-8-13(16)9-7-12/h6-9,14-15H,4-5,10-11,17H2,1-3H3. The molecule has 0 radical (unpaired) electrons. The normalized spacial score (nSPS) is 14.6. The summed E-state index contributed by atoms with van der Waals surface area (Å²) in [7, 11) is 1.69. The minimum Gasteiger partial charge on any atom is -0.383 e. The average molecular weight is 268 g/mol. The van der Waals surface area contributed by atoms with Crippen molar-refractivity contribution in [1.82, 2.24) is 4.90 Å². The lowest BCUT2D eigenvalue weighted by atomic mass is 9.96. The maximum Gasteiger partial charge on any atom is 0.123 e. The molecule has 0 saturated carbocycles. The number of halogens is 1. The fourth-order valence-corrected chi connectivity index (χ4v) is 2.31. The Morgan fingerprint density at radius 1 is 1.26 bits per heavy atom. The van der Waals surface area contributed by atoms with E-state index in [9.17, 15) is 4.39 Å². The zero-order chi connectivity index (χ0) is 14.3. The smallest absolute Gasteiger partial charge is 0.123 e. The van der Waals surface area contributed by atoms with E-state index in [1.807, 2.05) is 12.1 Å². The molecule has 0 bridgehead atoms. The zero-order valence-corrected chi connectivity index (χ0v) is 12.1. The summed E-state index contributed by atoms with van der Waals surface area (Å²) in [4.78, 5) is 2.28. The summed E-state index contributed by atoms with van der Waals surface area (Å²) >= 11 is 0. The van der Waals surface area contributed by atoms with E-state index in [0.29, 0.717) is 6.61 Å². The third kappa shape index (κ3) is 4.56. The van der Waals surface area contributed by atoms with E-state index in [1.165, 1.54) is 12.1 Å². The number of nitrogens with two attached hydrogens (primary N) is 1. The predicted molar refractivity (Wildman–Crippen MR) is 76.5 cm³/mol. The van der Waals surface area contributed by atoms with Gasteiger partial charge in [-0.05, 0) is 30.7 Å². The van der Waals surface area contributed by atoms with Crippen molar-refractivity contribution in [3.63, 3.8) is 0 Å². The highest BCUT2D eigenvalue weighted by Crippen LogP contribution is 2.25. The quantitative estimate of drug-likeness (QED) is 0.787. The highest BCUT2D eigenvalue weighted by molar-refractivity contribution is 5.21. The molecule has 0 aromatic heterocycles. The van der Waals surface area contributed by atoms with E-state index in [-0.39, 0.29) is 17.9 Å². The molecule has 0 spiro atoms. The Balaban J connectivity index is 2.95. The number of ether oxygens (including phenoxy) is 1. The summed E-state index contributed by atoms with van der Waals surface area (Å²) in [5, 5.41) is 0. The third-order valence-electron chi connectivity index (χ3n) is 3.47. The van der Waals surface area contributed by atoms with Crippen molar-refractivity contribution in [1.29, 1.82) is 0 Å². The Labute approximate surface area is 115 Å². The van der Waals surface area contributed by atoms with Crippen molar-refractivity contribution in [2.24, 2.45) is 5.73 Å². The molecule has 19 heavy (non-hydrogen) atoms. The molecule has 4 heteroatoms.